The minimum atomic E-state index is 0.302. The molecule has 0 aliphatic carbocycles. The van der Waals surface area contributed by atoms with Crippen LogP contribution < -0.4 is 16.0 Å². The van der Waals surface area contributed by atoms with E-state index in [-0.39, 0.29) is 0 Å². The molecule has 0 amide bonds. The van der Waals surface area contributed by atoms with Crippen LogP contribution in [0.25, 0.3) is 0 Å². The van der Waals surface area contributed by atoms with Crippen LogP contribution in [-0.2, 0) is 4.74 Å². The van der Waals surface area contributed by atoms with Crippen LogP contribution in [0, 0.1) is 0 Å². The highest BCUT2D eigenvalue weighted by molar-refractivity contribution is 5.46. The second-order valence-electron chi connectivity index (χ2n) is 5.00. The van der Waals surface area contributed by atoms with Crippen molar-refractivity contribution in [2.75, 3.05) is 36.9 Å². The molecule has 3 N–H and O–H groups in total. The highest BCUT2D eigenvalue weighted by atomic mass is 16.5. The van der Waals surface area contributed by atoms with Gasteiger partial charge in [0.25, 0.3) is 0 Å². The topological polar surface area (TPSA) is 71.1 Å². The fourth-order valence-electron chi connectivity index (χ4n) is 2.00. The van der Waals surface area contributed by atoms with Crippen LogP contribution in [0.4, 0.5) is 11.6 Å². The van der Waals surface area contributed by atoms with E-state index >= 15 is 0 Å². The van der Waals surface area contributed by atoms with Crippen molar-refractivity contribution in [2.24, 2.45) is 0 Å². The highest BCUT2D eigenvalue weighted by Gasteiger charge is 2.12. The normalized spacial score (nSPS) is 19.4. The molecule has 1 aliphatic heterocycles. The van der Waals surface area contributed by atoms with Crippen LogP contribution in [0.15, 0.2) is 12.4 Å². The smallest absolute Gasteiger partial charge is 0.131 e. The van der Waals surface area contributed by atoms with E-state index in [4.69, 9.17) is 4.74 Å². The largest absolute Gasteiger partial charge is 0.376 e. The number of anilines is 2. The third-order valence-electron chi connectivity index (χ3n) is 2.88. The number of morpholine rings is 1. The molecule has 0 bridgehead atoms. The molecule has 6 nitrogen and oxygen atoms in total. The standard InChI is InChI=1S/C13H23N5O/c1-10(2)18-13-7-12(16-9-17-13)15-4-3-11-8-14-5-6-19-11/h7,9-11,14H,3-6,8H2,1-2H3,(H2,15,16,17,18). The molecule has 1 aromatic heterocycles. The number of rotatable bonds is 6. The Kier molecular flexibility index (Phi) is 5.35. The minimum Gasteiger partial charge on any atom is -0.376 e. The maximum Gasteiger partial charge on any atom is 0.131 e. The van der Waals surface area contributed by atoms with Crippen molar-refractivity contribution >= 4 is 11.6 Å². The Balaban J connectivity index is 1.75. The number of nitrogens with one attached hydrogen (secondary N) is 3. The predicted molar refractivity (Wildman–Crippen MR) is 76.5 cm³/mol. The fraction of sp³-hybridized carbons (Fsp3) is 0.692. The second kappa shape index (κ2) is 7.25. The number of nitrogens with zero attached hydrogens (tertiary/aromatic N) is 2. The molecular formula is C13H23N5O. The van der Waals surface area contributed by atoms with E-state index in [0.29, 0.717) is 12.1 Å². The minimum absolute atomic E-state index is 0.302. The molecule has 1 atom stereocenters. The van der Waals surface area contributed by atoms with E-state index in [9.17, 15) is 0 Å². The molecule has 1 saturated heterocycles. The van der Waals surface area contributed by atoms with Gasteiger partial charge >= 0.3 is 0 Å². The van der Waals surface area contributed by atoms with Gasteiger partial charge in [-0.15, -0.1) is 0 Å². The van der Waals surface area contributed by atoms with Crippen molar-refractivity contribution in [3.05, 3.63) is 12.4 Å². The maximum absolute atomic E-state index is 5.64. The molecule has 0 aromatic carbocycles. The summed E-state index contributed by atoms with van der Waals surface area (Å²) in [6.45, 7) is 7.72. The second-order valence-corrected chi connectivity index (χ2v) is 5.00. The molecule has 0 saturated carbocycles. The van der Waals surface area contributed by atoms with Crippen molar-refractivity contribution in [3.8, 4) is 0 Å². The van der Waals surface area contributed by atoms with Crippen molar-refractivity contribution in [1.82, 2.24) is 15.3 Å². The third-order valence-corrected chi connectivity index (χ3v) is 2.88. The van der Waals surface area contributed by atoms with Gasteiger partial charge in [-0.3, -0.25) is 0 Å². The Morgan fingerprint density at radius 3 is 3.00 bits per heavy atom. The number of hydrogen-bond donors (Lipinski definition) is 3. The monoisotopic (exact) mass is 265 g/mol. The van der Waals surface area contributed by atoms with Gasteiger partial charge in [0.2, 0.25) is 0 Å². The molecule has 2 heterocycles. The molecule has 2 rings (SSSR count). The first kappa shape index (κ1) is 14.0. The molecule has 0 spiro atoms. The Bertz CT molecular complexity index is 379. The van der Waals surface area contributed by atoms with Crippen LogP contribution in [0.2, 0.25) is 0 Å². The van der Waals surface area contributed by atoms with E-state index in [1.807, 2.05) is 6.07 Å². The van der Waals surface area contributed by atoms with Crippen LogP contribution in [-0.4, -0.2) is 48.4 Å². The van der Waals surface area contributed by atoms with Gasteiger partial charge in [-0.1, -0.05) is 0 Å². The summed E-state index contributed by atoms with van der Waals surface area (Å²) in [7, 11) is 0. The van der Waals surface area contributed by atoms with E-state index in [1.54, 1.807) is 6.33 Å². The lowest BCUT2D eigenvalue weighted by Crippen LogP contribution is -2.39. The van der Waals surface area contributed by atoms with Gasteiger partial charge < -0.3 is 20.7 Å². The third kappa shape index (κ3) is 5.00. The summed E-state index contributed by atoms with van der Waals surface area (Å²) in [5, 5.41) is 9.89. The lowest BCUT2D eigenvalue weighted by molar-refractivity contribution is 0.0258. The van der Waals surface area contributed by atoms with Gasteiger partial charge in [0.1, 0.15) is 18.0 Å². The lowest BCUT2D eigenvalue weighted by atomic mass is 10.2. The number of aromatic nitrogens is 2. The first-order chi connectivity index (χ1) is 9.24. The van der Waals surface area contributed by atoms with E-state index in [1.165, 1.54) is 0 Å². The molecule has 6 heteroatoms. The van der Waals surface area contributed by atoms with E-state index in [0.717, 1.165) is 44.3 Å². The lowest BCUT2D eigenvalue weighted by Gasteiger charge is -2.23. The van der Waals surface area contributed by atoms with Crippen LogP contribution in [0.1, 0.15) is 20.3 Å². The summed E-state index contributed by atoms with van der Waals surface area (Å²) in [5.74, 6) is 1.70. The van der Waals surface area contributed by atoms with Crippen molar-refractivity contribution in [3.63, 3.8) is 0 Å². The first-order valence-corrected chi connectivity index (χ1v) is 6.89. The molecule has 1 fully saturated rings. The quantitative estimate of drug-likeness (QED) is 0.715. The molecular weight excluding hydrogens is 242 g/mol. The summed E-state index contributed by atoms with van der Waals surface area (Å²) in [5.41, 5.74) is 0. The summed E-state index contributed by atoms with van der Waals surface area (Å²) < 4.78 is 5.64. The maximum atomic E-state index is 5.64. The molecule has 19 heavy (non-hydrogen) atoms. The first-order valence-electron chi connectivity index (χ1n) is 6.89. The van der Waals surface area contributed by atoms with Crippen molar-refractivity contribution in [1.29, 1.82) is 0 Å². The molecule has 1 aromatic rings. The van der Waals surface area contributed by atoms with Gasteiger partial charge in [-0.25, -0.2) is 9.97 Å². The molecule has 1 unspecified atom stereocenters. The Morgan fingerprint density at radius 1 is 1.42 bits per heavy atom. The van der Waals surface area contributed by atoms with Gasteiger partial charge in [-0.2, -0.15) is 0 Å². The average Bonchev–Trinajstić information content (AvgIpc) is 2.40. The molecule has 1 aliphatic rings. The summed E-state index contributed by atoms with van der Waals surface area (Å²) in [4.78, 5) is 8.39. The van der Waals surface area contributed by atoms with E-state index in [2.05, 4.69) is 39.8 Å². The van der Waals surface area contributed by atoms with E-state index < -0.39 is 0 Å². The van der Waals surface area contributed by atoms with Crippen LogP contribution >= 0.6 is 0 Å². The number of ether oxygens (including phenoxy) is 1. The van der Waals surface area contributed by atoms with Crippen LogP contribution in [0.5, 0.6) is 0 Å². The Hall–Kier alpha value is -1.40. The summed E-state index contributed by atoms with van der Waals surface area (Å²) in [6, 6.07) is 2.30. The highest BCUT2D eigenvalue weighted by Crippen LogP contribution is 2.10. The van der Waals surface area contributed by atoms with Gasteiger partial charge in [0.15, 0.2) is 0 Å². The zero-order valence-corrected chi connectivity index (χ0v) is 11.6. The Morgan fingerprint density at radius 2 is 2.26 bits per heavy atom. The summed E-state index contributed by atoms with van der Waals surface area (Å²) in [6.07, 6.45) is 2.85. The van der Waals surface area contributed by atoms with Crippen molar-refractivity contribution in [2.45, 2.75) is 32.4 Å². The predicted octanol–water partition coefficient (Wildman–Crippen LogP) is 1.09. The summed E-state index contributed by atoms with van der Waals surface area (Å²) >= 11 is 0. The van der Waals surface area contributed by atoms with Crippen molar-refractivity contribution < 1.29 is 4.74 Å². The van der Waals surface area contributed by atoms with Gasteiger partial charge in [0.05, 0.1) is 12.7 Å². The number of hydrogen-bond acceptors (Lipinski definition) is 6. The molecule has 0 radical (unpaired) electrons. The SMILES string of the molecule is CC(C)Nc1cc(NCCC2CNCCO2)ncn1. The molecule has 106 valence electrons. The zero-order chi connectivity index (χ0) is 13.5. The van der Waals surface area contributed by atoms with Gasteiger partial charge in [-0.05, 0) is 20.3 Å². The zero-order valence-electron chi connectivity index (χ0n) is 11.6. The van der Waals surface area contributed by atoms with Gasteiger partial charge in [0, 0.05) is 31.7 Å². The fourth-order valence-corrected chi connectivity index (χ4v) is 2.00. The average molecular weight is 265 g/mol. The Labute approximate surface area is 114 Å². The van der Waals surface area contributed by atoms with Crippen LogP contribution in [0.3, 0.4) is 0 Å².